The normalized spacial score (nSPS) is 10.9. The molecule has 0 aromatic heterocycles. The van der Waals surface area contributed by atoms with E-state index in [0.717, 1.165) is 25.7 Å². The first-order valence-electron chi connectivity index (χ1n) is 9.40. The smallest absolute Gasteiger partial charge is 0.339 e. The first-order valence-corrected chi connectivity index (χ1v) is 9.40. The molecule has 1 rings (SSSR count). The molecule has 0 radical (unpaired) electrons. The number of aromatic carboxylic acids is 1. The summed E-state index contributed by atoms with van der Waals surface area (Å²) < 4.78 is 21.9. The third-order valence-electron chi connectivity index (χ3n) is 3.70. The van der Waals surface area contributed by atoms with Gasteiger partial charge in [0.25, 0.3) is 0 Å². The van der Waals surface area contributed by atoms with Crippen LogP contribution in [0.3, 0.4) is 0 Å². The summed E-state index contributed by atoms with van der Waals surface area (Å²) in [7, 11) is 0. The second-order valence-electron chi connectivity index (χ2n) is 5.94. The molecular weight excluding hydrogens is 352 g/mol. The molecule has 0 amide bonds. The fraction of sp³-hybridized carbons (Fsp3) is 0.600. The molecule has 1 aromatic carbocycles. The van der Waals surface area contributed by atoms with Crippen LogP contribution in [0.25, 0.3) is 0 Å². The lowest BCUT2D eigenvalue weighted by atomic mass is 10.1. The van der Waals surface area contributed by atoms with Crippen molar-refractivity contribution in [1.29, 1.82) is 0 Å². The van der Waals surface area contributed by atoms with Gasteiger partial charge in [-0.2, -0.15) is 0 Å². The van der Waals surface area contributed by atoms with Gasteiger partial charge in [-0.3, -0.25) is 0 Å². The number of hydrogen-bond donors (Lipinski definition) is 1. The van der Waals surface area contributed by atoms with Gasteiger partial charge in [-0.15, -0.1) is 0 Å². The Labute approximate surface area is 160 Å². The highest BCUT2D eigenvalue weighted by atomic mass is 16.7. The number of carboxylic acids is 1. The van der Waals surface area contributed by atoms with Gasteiger partial charge >= 0.3 is 11.9 Å². The molecule has 0 aliphatic rings. The summed E-state index contributed by atoms with van der Waals surface area (Å²) in [6.07, 6.45) is 3.54. The number of carboxylic acid groups (broad SMARTS) is 1. The van der Waals surface area contributed by atoms with Crippen LogP contribution in [0.15, 0.2) is 24.3 Å². The molecule has 152 valence electrons. The number of rotatable bonds is 15. The molecule has 0 fully saturated rings. The highest BCUT2D eigenvalue weighted by Gasteiger charge is 2.17. The molecule has 1 N–H and O–H groups in total. The zero-order valence-electron chi connectivity index (χ0n) is 16.1. The van der Waals surface area contributed by atoms with Crippen LogP contribution >= 0.6 is 0 Å². The number of ether oxygens (including phenoxy) is 4. The molecule has 0 aliphatic heterocycles. The molecule has 1 aromatic rings. The van der Waals surface area contributed by atoms with Crippen molar-refractivity contribution < 1.29 is 33.6 Å². The molecular formula is C20H30O7. The predicted octanol–water partition coefficient (Wildman–Crippen LogP) is 3.52. The molecule has 0 saturated heterocycles. The maximum absolute atomic E-state index is 12.0. The minimum Gasteiger partial charge on any atom is -0.478 e. The Morgan fingerprint density at radius 2 is 1.52 bits per heavy atom. The van der Waals surface area contributed by atoms with E-state index < -0.39 is 18.2 Å². The molecule has 0 spiro atoms. The average Bonchev–Trinajstić information content (AvgIpc) is 2.67. The zero-order valence-corrected chi connectivity index (χ0v) is 16.1. The van der Waals surface area contributed by atoms with Crippen LogP contribution in [0.1, 0.15) is 60.2 Å². The van der Waals surface area contributed by atoms with Crippen LogP contribution < -0.4 is 0 Å². The fourth-order valence-electron chi connectivity index (χ4n) is 2.16. The Bertz CT molecular complexity index is 549. The van der Waals surface area contributed by atoms with Gasteiger partial charge < -0.3 is 24.1 Å². The van der Waals surface area contributed by atoms with E-state index in [9.17, 15) is 9.59 Å². The Morgan fingerprint density at radius 1 is 0.926 bits per heavy atom. The maximum Gasteiger partial charge on any atom is 0.339 e. The van der Waals surface area contributed by atoms with Crippen molar-refractivity contribution in [3.63, 3.8) is 0 Å². The van der Waals surface area contributed by atoms with Crippen LogP contribution in [-0.2, 0) is 18.9 Å². The van der Waals surface area contributed by atoms with Crippen LogP contribution in [0.2, 0.25) is 0 Å². The molecule has 7 heteroatoms. The summed E-state index contributed by atoms with van der Waals surface area (Å²) >= 11 is 0. The molecule has 27 heavy (non-hydrogen) atoms. The van der Waals surface area contributed by atoms with E-state index in [0.29, 0.717) is 13.2 Å². The second kappa shape index (κ2) is 14.1. The van der Waals surface area contributed by atoms with Gasteiger partial charge in [-0.05, 0) is 25.0 Å². The lowest BCUT2D eigenvalue weighted by Crippen LogP contribution is -2.26. The van der Waals surface area contributed by atoms with E-state index in [4.69, 9.17) is 24.1 Å². The van der Waals surface area contributed by atoms with Gasteiger partial charge in [0.05, 0.1) is 24.3 Å². The van der Waals surface area contributed by atoms with Crippen molar-refractivity contribution in [3.8, 4) is 0 Å². The number of carbonyl (C=O) groups is 2. The minimum atomic E-state index is -1.17. The molecule has 0 bridgehead atoms. The lowest BCUT2D eigenvalue weighted by molar-refractivity contribution is -0.174. The topological polar surface area (TPSA) is 91.3 Å². The minimum absolute atomic E-state index is 0.0173. The van der Waals surface area contributed by atoms with E-state index in [1.165, 1.54) is 12.1 Å². The summed E-state index contributed by atoms with van der Waals surface area (Å²) in [5.41, 5.74) is -0.0641. The largest absolute Gasteiger partial charge is 0.478 e. The Morgan fingerprint density at radius 3 is 2.07 bits per heavy atom. The molecule has 0 atom stereocenters. The summed E-state index contributed by atoms with van der Waals surface area (Å²) in [5.74, 6) is -1.86. The van der Waals surface area contributed by atoms with Gasteiger partial charge in [0.2, 0.25) is 0 Å². The standard InChI is InChI=1S/C20H30O7/c1-3-5-11-25-18(26-12-6-4-2)15-24-13-14-27-20(23)17-10-8-7-9-16(17)19(21)22/h7-10,18H,3-6,11-15H2,1-2H3,(H,21,22). The molecule has 7 nitrogen and oxygen atoms in total. The van der Waals surface area contributed by atoms with Gasteiger partial charge in [0.1, 0.15) is 6.61 Å². The van der Waals surface area contributed by atoms with Crippen LogP contribution in [-0.4, -0.2) is 56.4 Å². The Kier molecular flexibility index (Phi) is 12.1. The van der Waals surface area contributed by atoms with E-state index in [1.54, 1.807) is 12.1 Å². The third kappa shape index (κ3) is 9.51. The van der Waals surface area contributed by atoms with Crippen molar-refractivity contribution in [2.75, 3.05) is 33.0 Å². The third-order valence-corrected chi connectivity index (χ3v) is 3.70. The second-order valence-corrected chi connectivity index (χ2v) is 5.94. The van der Waals surface area contributed by atoms with Gasteiger partial charge in [0.15, 0.2) is 6.29 Å². The number of benzene rings is 1. The van der Waals surface area contributed by atoms with Crippen molar-refractivity contribution >= 4 is 11.9 Å². The first-order chi connectivity index (χ1) is 13.1. The summed E-state index contributed by atoms with van der Waals surface area (Å²) in [6, 6.07) is 5.93. The van der Waals surface area contributed by atoms with E-state index in [1.807, 2.05) is 0 Å². The zero-order chi connectivity index (χ0) is 19.9. The number of unbranched alkanes of at least 4 members (excludes halogenated alkanes) is 2. The first kappa shape index (κ1) is 23.1. The van der Waals surface area contributed by atoms with Crippen molar-refractivity contribution in [2.45, 2.75) is 45.8 Å². The van der Waals surface area contributed by atoms with Crippen LogP contribution in [0.4, 0.5) is 0 Å². The SMILES string of the molecule is CCCCOC(COCCOC(=O)c1ccccc1C(=O)O)OCCCC. The summed E-state index contributed by atoms with van der Waals surface area (Å²) in [5, 5.41) is 9.10. The van der Waals surface area contributed by atoms with Gasteiger partial charge in [0, 0.05) is 13.2 Å². The number of carbonyl (C=O) groups excluding carboxylic acids is 1. The molecule has 0 saturated carbocycles. The summed E-state index contributed by atoms with van der Waals surface area (Å²) in [6.45, 7) is 5.83. The molecule has 0 unspecified atom stereocenters. The molecule has 0 heterocycles. The van der Waals surface area contributed by atoms with E-state index in [-0.39, 0.29) is 30.9 Å². The maximum atomic E-state index is 12.0. The fourth-order valence-corrected chi connectivity index (χ4v) is 2.16. The number of hydrogen-bond acceptors (Lipinski definition) is 6. The monoisotopic (exact) mass is 382 g/mol. The molecule has 0 aliphatic carbocycles. The average molecular weight is 382 g/mol. The number of esters is 1. The lowest BCUT2D eigenvalue weighted by Gasteiger charge is -2.18. The Hall–Kier alpha value is -1.96. The van der Waals surface area contributed by atoms with Gasteiger partial charge in [-0.1, -0.05) is 38.8 Å². The highest BCUT2D eigenvalue weighted by Crippen LogP contribution is 2.10. The predicted molar refractivity (Wildman–Crippen MR) is 100 cm³/mol. The van der Waals surface area contributed by atoms with Crippen molar-refractivity contribution in [1.82, 2.24) is 0 Å². The highest BCUT2D eigenvalue weighted by molar-refractivity contribution is 6.02. The summed E-state index contributed by atoms with van der Waals surface area (Å²) in [4.78, 5) is 23.2. The van der Waals surface area contributed by atoms with E-state index in [2.05, 4.69) is 13.8 Å². The van der Waals surface area contributed by atoms with Crippen LogP contribution in [0.5, 0.6) is 0 Å². The Balaban J connectivity index is 2.34. The quantitative estimate of drug-likeness (QED) is 0.282. The van der Waals surface area contributed by atoms with E-state index >= 15 is 0 Å². The van der Waals surface area contributed by atoms with Crippen molar-refractivity contribution in [2.24, 2.45) is 0 Å². The van der Waals surface area contributed by atoms with Crippen molar-refractivity contribution in [3.05, 3.63) is 35.4 Å². The van der Waals surface area contributed by atoms with Crippen LogP contribution in [0, 0.1) is 0 Å². The van der Waals surface area contributed by atoms with Gasteiger partial charge in [-0.25, -0.2) is 9.59 Å².